The first kappa shape index (κ1) is 20.7. The number of anilines is 1. The van der Waals surface area contributed by atoms with Gasteiger partial charge < -0.3 is 10.6 Å². The summed E-state index contributed by atoms with van der Waals surface area (Å²) in [5.41, 5.74) is 6.88. The van der Waals surface area contributed by atoms with Crippen LogP contribution in [0.3, 0.4) is 0 Å². The van der Waals surface area contributed by atoms with Gasteiger partial charge in [0, 0.05) is 42.9 Å². The van der Waals surface area contributed by atoms with Gasteiger partial charge in [0.25, 0.3) is 0 Å². The Morgan fingerprint density at radius 3 is 2.57 bits per heavy atom. The highest BCUT2D eigenvalue weighted by Crippen LogP contribution is 2.32. The van der Waals surface area contributed by atoms with Gasteiger partial charge in [-0.2, -0.15) is 4.31 Å². The van der Waals surface area contributed by atoms with Crippen LogP contribution in [-0.4, -0.2) is 45.4 Å². The summed E-state index contributed by atoms with van der Waals surface area (Å²) in [7, 11) is 0.225. The van der Waals surface area contributed by atoms with E-state index in [4.69, 9.17) is 5.73 Å². The molecule has 1 heterocycles. The standard InChI is InChI=1S/C15H24BrN3O2S.ClH/c1-11(17)14-6-4-5-9-19(14)22(20,21)15-10-12(18(2)3)7-8-13(15)16;/h7-8,10-11,14H,4-6,9,17H2,1-3H3;1H. The SMILES string of the molecule is CC(N)C1CCCCN1S(=O)(=O)c1cc(N(C)C)ccc1Br.Cl. The zero-order chi connectivity index (χ0) is 16.5. The van der Waals surface area contributed by atoms with Gasteiger partial charge in [-0.15, -0.1) is 12.4 Å². The lowest BCUT2D eigenvalue weighted by molar-refractivity contribution is 0.227. The van der Waals surface area contributed by atoms with E-state index in [1.165, 1.54) is 0 Å². The van der Waals surface area contributed by atoms with Gasteiger partial charge in [0.05, 0.1) is 4.90 Å². The molecule has 1 aliphatic heterocycles. The highest BCUT2D eigenvalue weighted by Gasteiger charge is 2.36. The molecule has 5 nitrogen and oxygen atoms in total. The van der Waals surface area contributed by atoms with Crippen LogP contribution >= 0.6 is 28.3 Å². The van der Waals surface area contributed by atoms with Gasteiger partial charge in [-0.3, -0.25) is 0 Å². The van der Waals surface area contributed by atoms with Gasteiger partial charge in [0.1, 0.15) is 0 Å². The van der Waals surface area contributed by atoms with Crippen LogP contribution in [-0.2, 0) is 10.0 Å². The molecule has 0 amide bonds. The van der Waals surface area contributed by atoms with Gasteiger partial charge in [0.15, 0.2) is 0 Å². The second-order valence-corrected chi connectivity index (χ2v) is 8.76. The molecule has 0 bridgehead atoms. The van der Waals surface area contributed by atoms with Crippen molar-refractivity contribution in [1.82, 2.24) is 4.31 Å². The van der Waals surface area contributed by atoms with Crippen LogP contribution in [0, 0.1) is 0 Å². The molecule has 1 aromatic carbocycles. The van der Waals surface area contributed by atoms with Crippen LogP contribution in [0.15, 0.2) is 27.6 Å². The van der Waals surface area contributed by atoms with Crippen LogP contribution in [0.2, 0.25) is 0 Å². The Morgan fingerprint density at radius 2 is 2.00 bits per heavy atom. The van der Waals surface area contributed by atoms with Crippen molar-refractivity contribution in [3.63, 3.8) is 0 Å². The Balaban J connectivity index is 0.00000264. The van der Waals surface area contributed by atoms with E-state index in [0.29, 0.717) is 15.9 Å². The zero-order valence-corrected chi connectivity index (χ0v) is 16.9. The number of hydrogen-bond donors (Lipinski definition) is 1. The van der Waals surface area contributed by atoms with Crippen LogP contribution in [0.4, 0.5) is 5.69 Å². The molecule has 0 saturated carbocycles. The van der Waals surface area contributed by atoms with Gasteiger partial charge in [-0.05, 0) is 53.9 Å². The van der Waals surface area contributed by atoms with E-state index in [0.717, 1.165) is 24.9 Å². The molecule has 8 heteroatoms. The fourth-order valence-corrected chi connectivity index (χ4v) is 5.57. The summed E-state index contributed by atoms with van der Waals surface area (Å²) in [5.74, 6) is 0. The first-order chi connectivity index (χ1) is 10.2. The number of benzene rings is 1. The number of hydrogen-bond acceptors (Lipinski definition) is 4. The summed E-state index contributed by atoms with van der Waals surface area (Å²) in [6, 6.07) is 5.08. The molecule has 1 aliphatic rings. The maximum Gasteiger partial charge on any atom is 0.244 e. The first-order valence-corrected chi connectivity index (χ1v) is 9.72. The van der Waals surface area contributed by atoms with E-state index in [-0.39, 0.29) is 24.5 Å². The Bertz CT molecular complexity index is 638. The fraction of sp³-hybridized carbons (Fsp3) is 0.600. The molecule has 2 N–H and O–H groups in total. The summed E-state index contributed by atoms with van der Waals surface area (Å²) in [6.45, 7) is 2.41. The number of sulfonamides is 1. The number of nitrogens with two attached hydrogens (primary N) is 1. The number of halogens is 2. The van der Waals surface area contributed by atoms with Crippen molar-refractivity contribution in [2.45, 2.75) is 43.2 Å². The van der Waals surface area contributed by atoms with E-state index in [2.05, 4.69) is 15.9 Å². The molecule has 23 heavy (non-hydrogen) atoms. The van der Waals surface area contributed by atoms with E-state index in [9.17, 15) is 8.42 Å². The van der Waals surface area contributed by atoms with E-state index < -0.39 is 10.0 Å². The quantitative estimate of drug-likeness (QED) is 0.804. The zero-order valence-electron chi connectivity index (χ0n) is 13.7. The summed E-state index contributed by atoms with van der Waals surface area (Å²) >= 11 is 3.38. The predicted molar refractivity (Wildman–Crippen MR) is 101 cm³/mol. The molecule has 2 atom stereocenters. The molecule has 2 unspecified atom stereocenters. The van der Waals surface area contributed by atoms with Crippen molar-refractivity contribution in [3.05, 3.63) is 22.7 Å². The molecule has 1 fully saturated rings. The average molecular weight is 427 g/mol. The first-order valence-electron chi connectivity index (χ1n) is 7.49. The van der Waals surface area contributed by atoms with E-state index in [1.807, 2.05) is 32.0 Å². The largest absolute Gasteiger partial charge is 0.378 e. The third-order valence-electron chi connectivity index (χ3n) is 4.12. The predicted octanol–water partition coefficient (Wildman–Crippen LogP) is 2.83. The minimum Gasteiger partial charge on any atom is -0.378 e. The normalized spacial score (nSPS) is 20.7. The molecule has 1 saturated heterocycles. The lowest BCUT2D eigenvalue weighted by Gasteiger charge is -2.37. The number of rotatable bonds is 4. The van der Waals surface area contributed by atoms with Crippen molar-refractivity contribution in [1.29, 1.82) is 0 Å². The lowest BCUT2D eigenvalue weighted by Crippen LogP contribution is -2.51. The van der Waals surface area contributed by atoms with Gasteiger partial charge in [-0.1, -0.05) is 6.42 Å². The maximum atomic E-state index is 13.1. The third kappa shape index (κ3) is 4.39. The molecule has 0 aromatic heterocycles. The van der Waals surface area contributed by atoms with Crippen molar-refractivity contribution in [2.75, 3.05) is 25.5 Å². The monoisotopic (exact) mass is 425 g/mol. The second kappa shape index (κ2) is 8.16. The van der Waals surface area contributed by atoms with Crippen LogP contribution in [0.25, 0.3) is 0 Å². The Labute approximate surface area is 153 Å². The van der Waals surface area contributed by atoms with E-state index in [1.54, 1.807) is 16.4 Å². The van der Waals surface area contributed by atoms with Crippen molar-refractivity contribution in [3.8, 4) is 0 Å². The highest BCUT2D eigenvalue weighted by atomic mass is 79.9. The molecule has 0 radical (unpaired) electrons. The van der Waals surface area contributed by atoms with Gasteiger partial charge >= 0.3 is 0 Å². The van der Waals surface area contributed by atoms with Gasteiger partial charge in [0.2, 0.25) is 10.0 Å². The fourth-order valence-electron chi connectivity index (χ4n) is 2.85. The van der Waals surface area contributed by atoms with Crippen LogP contribution in [0.1, 0.15) is 26.2 Å². The minimum atomic E-state index is -3.56. The third-order valence-corrected chi connectivity index (χ3v) is 7.04. The smallest absolute Gasteiger partial charge is 0.244 e. The second-order valence-electron chi connectivity index (χ2n) is 6.05. The van der Waals surface area contributed by atoms with Gasteiger partial charge in [-0.25, -0.2) is 8.42 Å². The Kier molecular flexibility index (Phi) is 7.35. The molecule has 132 valence electrons. The topological polar surface area (TPSA) is 66.6 Å². The summed E-state index contributed by atoms with van der Waals surface area (Å²) in [5, 5.41) is 0. The molecule has 0 spiro atoms. The summed E-state index contributed by atoms with van der Waals surface area (Å²) < 4.78 is 28.4. The summed E-state index contributed by atoms with van der Waals surface area (Å²) in [6.07, 6.45) is 2.73. The number of piperidine rings is 1. The van der Waals surface area contributed by atoms with E-state index >= 15 is 0 Å². The van der Waals surface area contributed by atoms with Crippen molar-refractivity contribution >= 4 is 44.0 Å². The molecule has 0 aliphatic carbocycles. The highest BCUT2D eigenvalue weighted by molar-refractivity contribution is 9.10. The Morgan fingerprint density at radius 1 is 1.35 bits per heavy atom. The van der Waals surface area contributed by atoms with Crippen LogP contribution < -0.4 is 10.6 Å². The maximum absolute atomic E-state index is 13.1. The van der Waals surface area contributed by atoms with Crippen molar-refractivity contribution < 1.29 is 8.42 Å². The lowest BCUT2D eigenvalue weighted by atomic mass is 10.00. The van der Waals surface area contributed by atoms with Crippen LogP contribution in [0.5, 0.6) is 0 Å². The summed E-state index contributed by atoms with van der Waals surface area (Å²) in [4.78, 5) is 2.20. The molecular weight excluding hydrogens is 402 g/mol. The molecule has 2 rings (SSSR count). The molecular formula is C15H25BrClN3O2S. The molecule has 1 aromatic rings. The number of nitrogens with zero attached hydrogens (tertiary/aromatic N) is 2. The Hall–Kier alpha value is -0.340. The minimum absolute atomic E-state index is 0. The van der Waals surface area contributed by atoms with Crippen molar-refractivity contribution in [2.24, 2.45) is 5.73 Å². The average Bonchev–Trinajstić information content (AvgIpc) is 2.47.